The van der Waals surface area contributed by atoms with E-state index in [0.29, 0.717) is 19.0 Å². The Balaban J connectivity index is 0.00000200. The van der Waals surface area contributed by atoms with Crippen molar-refractivity contribution in [3.8, 4) is 0 Å². The van der Waals surface area contributed by atoms with E-state index in [1.807, 2.05) is 7.05 Å². The first kappa shape index (κ1) is 17.7. The third-order valence-electron chi connectivity index (χ3n) is 3.40. The van der Waals surface area contributed by atoms with Gasteiger partial charge in [0.15, 0.2) is 5.03 Å². The summed E-state index contributed by atoms with van der Waals surface area (Å²) in [4.78, 5) is 0. The Morgan fingerprint density at radius 1 is 1.55 bits per heavy atom. The first-order valence-corrected chi connectivity index (χ1v) is 8.11. The number of hydrogen-bond acceptors (Lipinski definition) is 4. The number of aromatic nitrogens is 2. The summed E-state index contributed by atoms with van der Waals surface area (Å²) in [6.45, 7) is 1.90. The van der Waals surface area contributed by atoms with E-state index in [1.54, 1.807) is 7.05 Å². The first-order chi connectivity index (χ1) is 8.96. The van der Waals surface area contributed by atoms with E-state index in [2.05, 4.69) is 10.4 Å². The Morgan fingerprint density at radius 3 is 2.80 bits per heavy atom. The van der Waals surface area contributed by atoms with Crippen LogP contribution in [0.2, 0.25) is 5.02 Å². The quantitative estimate of drug-likeness (QED) is 0.890. The molecule has 1 aliphatic heterocycles. The monoisotopic (exact) mass is 342 g/mol. The van der Waals surface area contributed by atoms with E-state index in [1.165, 1.54) is 15.2 Å². The summed E-state index contributed by atoms with van der Waals surface area (Å²) in [5.41, 5.74) is 0. The molecular formula is C11H20Cl2N4O2S. The maximum atomic E-state index is 12.6. The van der Waals surface area contributed by atoms with E-state index < -0.39 is 10.0 Å². The second-order valence-corrected chi connectivity index (χ2v) is 7.11. The zero-order valence-electron chi connectivity index (χ0n) is 11.5. The lowest BCUT2D eigenvalue weighted by molar-refractivity contribution is 0.262. The molecule has 0 spiro atoms. The van der Waals surface area contributed by atoms with Gasteiger partial charge in [0, 0.05) is 20.1 Å². The molecule has 1 N–H and O–H groups in total. The molecule has 1 unspecified atom stereocenters. The average Bonchev–Trinajstić information content (AvgIpc) is 2.70. The van der Waals surface area contributed by atoms with Gasteiger partial charge in [-0.2, -0.15) is 9.40 Å². The Morgan fingerprint density at radius 2 is 2.25 bits per heavy atom. The van der Waals surface area contributed by atoms with Crippen LogP contribution in [0.3, 0.4) is 0 Å². The molecule has 2 rings (SSSR count). The zero-order chi connectivity index (χ0) is 14.0. The van der Waals surface area contributed by atoms with Crippen LogP contribution in [0.4, 0.5) is 0 Å². The van der Waals surface area contributed by atoms with Crippen LogP contribution >= 0.6 is 24.0 Å². The van der Waals surface area contributed by atoms with Gasteiger partial charge in [-0.05, 0) is 32.4 Å². The lowest BCUT2D eigenvalue weighted by Gasteiger charge is -2.31. The summed E-state index contributed by atoms with van der Waals surface area (Å²) >= 11 is 5.94. The van der Waals surface area contributed by atoms with Gasteiger partial charge in [0.2, 0.25) is 0 Å². The van der Waals surface area contributed by atoms with E-state index >= 15 is 0 Å². The maximum absolute atomic E-state index is 12.6. The largest absolute Gasteiger partial charge is 0.319 e. The molecule has 116 valence electrons. The molecule has 6 nitrogen and oxygen atoms in total. The molecule has 1 atom stereocenters. The van der Waals surface area contributed by atoms with Crippen LogP contribution < -0.4 is 5.32 Å². The molecule has 20 heavy (non-hydrogen) atoms. The van der Waals surface area contributed by atoms with E-state index in [9.17, 15) is 8.42 Å². The molecule has 1 aliphatic rings. The Hall–Kier alpha value is -0.340. The van der Waals surface area contributed by atoms with Crippen LogP contribution in [0.15, 0.2) is 11.2 Å². The average molecular weight is 343 g/mol. The third-order valence-corrected chi connectivity index (χ3v) is 5.77. The lowest BCUT2D eigenvalue weighted by atomic mass is 10.00. The molecular weight excluding hydrogens is 323 g/mol. The molecule has 0 saturated carbocycles. The highest BCUT2D eigenvalue weighted by Gasteiger charge is 2.33. The van der Waals surface area contributed by atoms with Crippen molar-refractivity contribution in [2.75, 3.05) is 26.7 Å². The highest BCUT2D eigenvalue weighted by atomic mass is 35.5. The molecule has 1 saturated heterocycles. The SMILES string of the molecule is CNCC1CCCN(S(=O)(=O)c2c(Cl)cnn2C)C1.Cl. The predicted molar refractivity (Wildman–Crippen MR) is 80.9 cm³/mol. The summed E-state index contributed by atoms with van der Waals surface area (Å²) < 4.78 is 28.0. The second kappa shape index (κ2) is 7.09. The van der Waals surface area contributed by atoms with Crippen molar-refractivity contribution >= 4 is 34.0 Å². The van der Waals surface area contributed by atoms with Crippen LogP contribution in [-0.2, 0) is 17.1 Å². The molecule has 2 heterocycles. The maximum Gasteiger partial charge on any atom is 0.261 e. The number of aryl methyl sites for hydroxylation is 1. The van der Waals surface area contributed by atoms with E-state index in [0.717, 1.165) is 19.4 Å². The van der Waals surface area contributed by atoms with Crippen LogP contribution in [0, 0.1) is 5.92 Å². The molecule has 1 aromatic rings. The molecule has 0 radical (unpaired) electrons. The van der Waals surface area contributed by atoms with Crippen LogP contribution in [0.5, 0.6) is 0 Å². The van der Waals surface area contributed by atoms with Gasteiger partial charge < -0.3 is 5.32 Å². The molecule has 0 aliphatic carbocycles. The van der Waals surface area contributed by atoms with Crippen LogP contribution in [0.1, 0.15) is 12.8 Å². The Labute approximate surface area is 130 Å². The normalized spacial score (nSPS) is 20.6. The number of halogens is 2. The van der Waals surface area contributed by atoms with Gasteiger partial charge in [-0.25, -0.2) is 8.42 Å². The number of piperidine rings is 1. The van der Waals surface area contributed by atoms with Crippen LogP contribution in [-0.4, -0.2) is 49.2 Å². The lowest BCUT2D eigenvalue weighted by Crippen LogP contribution is -2.43. The van der Waals surface area contributed by atoms with Crippen molar-refractivity contribution < 1.29 is 8.42 Å². The smallest absolute Gasteiger partial charge is 0.261 e. The summed E-state index contributed by atoms with van der Waals surface area (Å²) in [5, 5.41) is 7.26. The van der Waals surface area contributed by atoms with Gasteiger partial charge in [-0.1, -0.05) is 11.6 Å². The highest BCUT2D eigenvalue weighted by molar-refractivity contribution is 7.89. The molecule has 1 aromatic heterocycles. The standard InChI is InChI=1S/C11H19ClN4O2S.ClH/c1-13-6-9-4-3-5-16(8-9)19(17,18)11-10(12)7-14-15(11)2;/h7,9,13H,3-6,8H2,1-2H3;1H. The van der Waals surface area contributed by atoms with Gasteiger partial charge >= 0.3 is 0 Å². The number of nitrogens with one attached hydrogen (secondary N) is 1. The summed E-state index contributed by atoms with van der Waals surface area (Å²) in [5.74, 6) is 0.348. The Bertz CT molecular complexity index is 525. The predicted octanol–water partition coefficient (Wildman–Crippen LogP) is 1.12. The Kier molecular flexibility index (Phi) is 6.27. The van der Waals surface area contributed by atoms with Gasteiger partial charge in [0.05, 0.1) is 11.2 Å². The van der Waals surface area contributed by atoms with Gasteiger partial charge in [-0.3, -0.25) is 4.68 Å². The second-order valence-electron chi connectivity index (χ2n) is 4.85. The number of nitrogens with zero attached hydrogens (tertiary/aromatic N) is 3. The van der Waals surface area contributed by atoms with Crippen molar-refractivity contribution in [3.63, 3.8) is 0 Å². The van der Waals surface area contributed by atoms with Crippen molar-refractivity contribution in [1.82, 2.24) is 19.4 Å². The molecule has 0 aromatic carbocycles. The third kappa shape index (κ3) is 3.46. The fourth-order valence-electron chi connectivity index (χ4n) is 2.51. The highest BCUT2D eigenvalue weighted by Crippen LogP contribution is 2.27. The van der Waals surface area contributed by atoms with Crippen molar-refractivity contribution in [1.29, 1.82) is 0 Å². The van der Waals surface area contributed by atoms with Crippen molar-refractivity contribution in [3.05, 3.63) is 11.2 Å². The van der Waals surface area contributed by atoms with Crippen molar-refractivity contribution in [2.24, 2.45) is 13.0 Å². The topological polar surface area (TPSA) is 67.2 Å². The summed E-state index contributed by atoms with van der Waals surface area (Å²) in [6, 6.07) is 0. The fraction of sp³-hybridized carbons (Fsp3) is 0.727. The summed E-state index contributed by atoms with van der Waals surface area (Å²) in [7, 11) is -0.0858. The minimum Gasteiger partial charge on any atom is -0.319 e. The minimum atomic E-state index is -3.56. The van der Waals surface area contributed by atoms with Crippen molar-refractivity contribution in [2.45, 2.75) is 17.9 Å². The molecule has 0 amide bonds. The molecule has 1 fully saturated rings. The van der Waals surface area contributed by atoms with E-state index in [4.69, 9.17) is 11.6 Å². The van der Waals surface area contributed by atoms with E-state index in [-0.39, 0.29) is 22.5 Å². The zero-order valence-corrected chi connectivity index (χ0v) is 13.9. The molecule has 9 heteroatoms. The van der Waals surface area contributed by atoms with Gasteiger partial charge in [-0.15, -0.1) is 12.4 Å². The van der Waals surface area contributed by atoms with Gasteiger partial charge in [0.25, 0.3) is 10.0 Å². The fourth-order valence-corrected chi connectivity index (χ4v) is 4.67. The number of rotatable bonds is 4. The minimum absolute atomic E-state index is 0. The number of sulfonamides is 1. The summed E-state index contributed by atoms with van der Waals surface area (Å²) in [6.07, 6.45) is 3.29. The van der Waals surface area contributed by atoms with Gasteiger partial charge in [0.1, 0.15) is 0 Å². The number of hydrogen-bond donors (Lipinski definition) is 1. The van der Waals surface area contributed by atoms with Crippen LogP contribution in [0.25, 0.3) is 0 Å². The first-order valence-electron chi connectivity index (χ1n) is 6.29. The molecule has 0 bridgehead atoms.